The summed E-state index contributed by atoms with van der Waals surface area (Å²) in [5.41, 5.74) is 4.46. The summed E-state index contributed by atoms with van der Waals surface area (Å²) in [5, 5.41) is 0.530. The molecule has 6 nitrogen and oxygen atoms in total. The number of rotatable bonds is 8. The fourth-order valence-electron chi connectivity index (χ4n) is 5.10. The summed E-state index contributed by atoms with van der Waals surface area (Å²) >= 11 is 0. The second-order valence-electron chi connectivity index (χ2n) is 9.55. The number of aryl methyl sites for hydroxylation is 2. The third-order valence-electron chi connectivity index (χ3n) is 6.88. The minimum absolute atomic E-state index is 0.133. The van der Waals surface area contributed by atoms with Crippen LogP contribution in [0.15, 0.2) is 69.9 Å². The Morgan fingerprint density at radius 2 is 1.65 bits per heavy atom. The molecular weight excluding hydrogens is 466 g/mol. The van der Waals surface area contributed by atoms with Crippen molar-refractivity contribution in [1.29, 1.82) is 0 Å². The first-order valence-corrected chi connectivity index (χ1v) is 12.7. The Labute approximate surface area is 216 Å². The van der Waals surface area contributed by atoms with Crippen molar-refractivity contribution < 1.29 is 18.7 Å². The molecular formula is C31H31NO5. The van der Waals surface area contributed by atoms with Gasteiger partial charge in [-0.1, -0.05) is 37.3 Å². The van der Waals surface area contributed by atoms with E-state index in [9.17, 15) is 9.59 Å². The lowest BCUT2D eigenvalue weighted by Gasteiger charge is -2.25. The van der Waals surface area contributed by atoms with E-state index >= 15 is 0 Å². The fraction of sp³-hybridized carbons (Fsp3) is 0.290. The number of hydrogen-bond donors (Lipinski definition) is 0. The molecule has 0 saturated heterocycles. The molecule has 0 fully saturated rings. The van der Waals surface area contributed by atoms with Gasteiger partial charge in [0.25, 0.3) is 5.91 Å². The quantitative estimate of drug-likeness (QED) is 0.299. The fourth-order valence-corrected chi connectivity index (χ4v) is 5.10. The van der Waals surface area contributed by atoms with Crippen molar-refractivity contribution in [3.05, 3.63) is 104 Å². The molecule has 1 atom stereocenters. The molecule has 37 heavy (non-hydrogen) atoms. The lowest BCUT2D eigenvalue weighted by atomic mass is 9.96. The van der Waals surface area contributed by atoms with Crippen LogP contribution < -0.4 is 14.9 Å². The van der Waals surface area contributed by atoms with Gasteiger partial charge in [0.1, 0.15) is 17.1 Å². The molecule has 1 aliphatic rings. The molecule has 1 unspecified atom stereocenters. The van der Waals surface area contributed by atoms with E-state index in [2.05, 4.69) is 6.92 Å². The van der Waals surface area contributed by atoms with Crippen LogP contribution in [0.5, 0.6) is 11.5 Å². The van der Waals surface area contributed by atoms with Gasteiger partial charge in [-0.05, 0) is 79.3 Å². The van der Waals surface area contributed by atoms with Crippen molar-refractivity contribution in [3.63, 3.8) is 0 Å². The number of benzene rings is 3. The maximum absolute atomic E-state index is 13.9. The molecule has 0 saturated carbocycles. The number of ether oxygens (including phenoxy) is 2. The van der Waals surface area contributed by atoms with E-state index in [1.165, 1.54) is 0 Å². The first kappa shape index (κ1) is 24.6. The largest absolute Gasteiger partial charge is 0.497 e. The predicted molar refractivity (Wildman–Crippen MR) is 144 cm³/mol. The number of carbonyl (C=O) groups is 1. The minimum Gasteiger partial charge on any atom is -0.497 e. The highest BCUT2D eigenvalue weighted by molar-refractivity contribution is 5.99. The summed E-state index contributed by atoms with van der Waals surface area (Å²) in [6.45, 7) is 6.98. The number of hydrogen-bond acceptors (Lipinski definition) is 5. The van der Waals surface area contributed by atoms with Crippen molar-refractivity contribution in [2.45, 2.75) is 39.7 Å². The number of methoxy groups -OCH3 is 1. The van der Waals surface area contributed by atoms with E-state index in [0.717, 1.165) is 40.2 Å². The summed E-state index contributed by atoms with van der Waals surface area (Å²) in [7, 11) is 1.63. The van der Waals surface area contributed by atoms with E-state index in [1.807, 2.05) is 74.5 Å². The zero-order valence-electron chi connectivity index (χ0n) is 21.7. The van der Waals surface area contributed by atoms with E-state index in [1.54, 1.807) is 12.0 Å². The second kappa shape index (κ2) is 10.1. The number of carbonyl (C=O) groups excluding carboxylic acids is 1. The molecule has 1 aliphatic heterocycles. The van der Waals surface area contributed by atoms with Gasteiger partial charge in [0, 0.05) is 6.54 Å². The summed E-state index contributed by atoms with van der Waals surface area (Å²) in [4.78, 5) is 29.4. The normalized spacial score (nSPS) is 14.8. The molecule has 2 heterocycles. The van der Waals surface area contributed by atoms with Crippen molar-refractivity contribution >= 4 is 16.9 Å². The van der Waals surface area contributed by atoms with Gasteiger partial charge in [-0.2, -0.15) is 0 Å². The van der Waals surface area contributed by atoms with Gasteiger partial charge in [-0.25, -0.2) is 0 Å². The third kappa shape index (κ3) is 4.59. The smallest absolute Gasteiger partial charge is 0.290 e. The summed E-state index contributed by atoms with van der Waals surface area (Å²) < 4.78 is 17.2. The maximum Gasteiger partial charge on any atom is 0.290 e. The lowest BCUT2D eigenvalue weighted by molar-refractivity contribution is 0.0730. The maximum atomic E-state index is 13.9. The molecule has 1 amide bonds. The highest BCUT2D eigenvalue weighted by atomic mass is 16.5. The van der Waals surface area contributed by atoms with Crippen LogP contribution in [0.3, 0.4) is 0 Å². The second-order valence-corrected chi connectivity index (χ2v) is 9.55. The Bertz CT molecular complexity index is 1500. The van der Waals surface area contributed by atoms with Gasteiger partial charge in [0.15, 0.2) is 5.43 Å². The summed E-state index contributed by atoms with van der Waals surface area (Å²) in [6, 6.07) is 18.7. The Morgan fingerprint density at radius 3 is 2.32 bits per heavy atom. The van der Waals surface area contributed by atoms with Crippen LogP contribution in [0, 0.1) is 13.8 Å². The van der Waals surface area contributed by atoms with Crippen molar-refractivity contribution in [2.24, 2.45) is 0 Å². The zero-order valence-corrected chi connectivity index (χ0v) is 21.7. The first-order valence-electron chi connectivity index (χ1n) is 12.7. The Morgan fingerprint density at radius 1 is 0.946 bits per heavy atom. The molecule has 190 valence electrons. The number of fused-ring (bicyclic) bond motifs is 2. The Balaban J connectivity index is 1.58. The average molecular weight is 498 g/mol. The first-order chi connectivity index (χ1) is 17.9. The van der Waals surface area contributed by atoms with Crippen LogP contribution in [-0.2, 0) is 6.42 Å². The van der Waals surface area contributed by atoms with Crippen LogP contribution in [-0.4, -0.2) is 31.1 Å². The lowest BCUT2D eigenvalue weighted by Crippen LogP contribution is -2.31. The van der Waals surface area contributed by atoms with Crippen molar-refractivity contribution in [1.82, 2.24) is 4.90 Å². The van der Waals surface area contributed by atoms with Crippen LogP contribution in [0.25, 0.3) is 11.0 Å². The molecule has 0 aliphatic carbocycles. The molecule has 5 rings (SSSR count). The monoisotopic (exact) mass is 497 g/mol. The van der Waals surface area contributed by atoms with E-state index in [0.29, 0.717) is 36.1 Å². The van der Waals surface area contributed by atoms with Crippen molar-refractivity contribution in [2.75, 3.05) is 20.3 Å². The summed E-state index contributed by atoms with van der Waals surface area (Å²) in [6.07, 6.45) is 1.54. The van der Waals surface area contributed by atoms with Gasteiger partial charge < -0.3 is 18.8 Å². The van der Waals surface area contributed by atoms with Crippen molar-refractivity contribution in [3.8, 4) is 11.5 Å². The topological polar surface area (TPSA) is 69.0 Å². The van der Waals surface area contributed by atoms with Crippen LogP contribution in [0.4, 0.5) is 0 Å². The zero-order chi connectivity index (χ0) is 26.1. The summed E-state index contributed by atoms with van der Waals surface area (Å²) in [5.74, 6) is 1.41. The van der Waals surface area contributed by atoms with Crippen LogP contribution in [0.1, 0.15) is 57.8 Å². The molecule has 3 aromatic carbocycles. The Kier molecular flexibility index (Phi) is 6.74. The van der Waals surface area contributed by atoms with Gasteiger partial charge in [-0.3, -0.25) is 9.59 Å². The Hall–Kier alpha value is -4.06. The molecule has 0 spiro atoms. The molecule has 0 bridgehead atoms. The van der Waals surface area contributed by atoms with E-state index in [4.69, 9.17) is 13.9 Å². The van der Waals surface area contributed by atoms with Crippen LogP contribution in [0.2, 0.25) is 0 Å². The molecule has 1 aromatic heterocycles. The van der Waals surface area contributed by atoms with Crippen LogP contribution >= 0.6 is 0 Å². The average Bonchev–Trinajstić information content (AvgIpc) is 3.18. The molecule has 0 N–H and O–H groups in total. The standard InChI is InChI=1S/C31H31NO5/c1-5-16-36-24-12-8-22(9-13-24)28-27-29(33)26-20(3)17-19(2)18-25(26)37-30(27)31(34)32(28)15-14-21-6-10-23(35-4)11-7-21/h6-13,17-18,28H,5,14-16H2,1-4H3. The molecule has 0 radical (unpaired) electrons. The third-order valence-corrected chi connectivity index (χ3v) is 6.88. The number of nitrogens with zero attached hydrogens (tertiary/aromatic N) is 1. The van der Waals surface area contributed by atoms with E-state index in [-0.39, 0.29) is 17.1 Å². The van der Waals surface area contributed by atoms with Gasteiger partial charge in [-0.15, -0.1) is 0 Å². The SMILES string of the molecule is CCCOc1ccc(C2c3c(oc4cc(C)cc(C)c4c3=O)C(=O)N2CCc2ccc(OC)cc2)cc1. The molecule has 4 aromatic rings. The van der Waals surface area contributed by atoms with E-state index < -0.39 is 6.04 Å². The van der Waals surface area contributed by atoms with Gasteiger partial charge in [0.2, 0.25) is 5.76 Å². The van der Waals surface area contributed by atoms with Gasteiger partial charge >= 0.3 is 0 Å². The van der Waals surface area contributed by atoms with Gasteiger partial charge in [0.05, 0.1) is 30.7 Å². The molecule has 6 heteroatoms. The predicted octanol–water partition coefficient (Wildman–Crippen LogP) is 6.00. The number of amides is 1. The highest BCUT2D eigenvalue weighted by Gasteiger charge is 2.42. The highest BCUT2D eigenvalue weighted by Crippen LogP contribution is 2.39. The minimum atomic E-state index is -0.540.